The van der Waals surface area contributed by atoms with Crippen molar-refractivity contribution in [1.82, 2.24) is 0 Å². The molecule has 1 aliphatic rings. The van der Waals surface area contributed by atoms with Gasteiger partial charge in [0.1, 0.15) is 37.4 Å². The van der Waals surface area contributed by atoms with Gasteiger partial charge >= 0.3 is 5.97 Å². The molecule has 35 heavy (non-hydrogen) atoms. The third kappa shape index (κ3) is 4.84. The van der Waals surface area contributed by atoms with Crippen LogP contribution in [0, 0.1) is 0 Å². The predicted molar refractivity (Wildman–Crippen MR) is 130 cm³/mol. The van der Waals surface area contributed by atoms with Crippen molar-refractivity contribution in [2.24, 2.45) is 0 Å². The molecule has 178 valence electrons. The normalized spacial score (nSPS) is 12.4. The number of esters is 1. The van der Waals surface area contributed by atoms with Crippen molar-refractivity contribution in [3.8, 4) is 28.4 Å². The summed E-state index contributed by atoms with van der Waals surface area (Å²) in [5.41, 5.74) is 3.02. The van der Waals surface area contributed by atoms with Crippen molar-refractivity contribution in [1.29, 1.82) is 0 Å². The summed E-state index contributed by atoms with van der Waals surface area (Å²) >= 11 is 0. The quantitative estimate of drug-likeness (QED) is 0.353. The molecule has 1 aliphatic heterocycles. The number of rotatable bonds is 7. The van der Waals surface area contributed by atoms with Gasteiger partial charge in [-0.3, -0.25) is 4.79 Å². The van der Waals surface area contributed by atoms with E-state index >= 15 is 0 Å². The summed E-state index contributed by atoms with van der Waals surface area (Å²) in [6, 6.07) is 18.2. The lowest BCUT2D eigenvalue weighted by molar-refractivity contribution is -0.147. The molecule has 3 aromatic carbocycles. The fourth-order valence-electron chi connectivity index (χ4n) is 3.94. The van der Waals surface area contributed by atoms with Crippen LogP contribution < -0.4 is 19.6 Å². The lowest BCUT2D eigenvalue weighted by Crippen LogP contribution is -2.16. The van der Waals surface area contributed by atoms with E-state index in [1.54, 1.807) is 24.3 Å². The van der Waals surface area contributed by atoms with Crippen molar-refractivity contribution >= 4 is 16.9 Å². The minimum atomic E-state index is -0.480. The van der Waals surface area contributed by atoms with E-state index < -0.39 is 5.97 Å². The van der Waals surface area contributed by atoms with Gasteiger partial charge in [-0.25, -0.2) is 4.79 Å². The highest BCUT2D eigenvalue weighted by Gasteiger charge is 2.17. The molecule has 1 aromatic heterocycles. The molecule has 4 aromatic rings. The van der Waals surface area contributed by atoms with Crippen LogP contribution in [0.4, 0.5) is 0 Å². The number of hydrogen-bond acceptors (Lipinski definition) is 7. The molecule has 0 N–H and O–H groups in total. The first kappa shape index (κ1) is 22.5. The van der Waals surface area contributed by atoms with Gasteiger partial charge in [0.2, 0.25) is 5.43 Å². The van der Waals surface area contributed by atoms with E-state index in [1.807, 2.05) is 43.3 Å². The molecule has 0 atom stereocenters. The maximum atomic E-state index is 13.3. The second-order valence-electron chi connectivity index (χ2n) is 8.08. The Kier molecular flexibility index (Phi) is 6.39. The lowest BCUT2D eigenvalue weighted by Gasteiger charge is -2.18. The molecule has 0 radical (unpaired) electrons. The van der Waals surface area contributed by atoms with E-state index in [0.29, 0.717) is 59.0 Å². The highest BCUT2D eigenvalue weighted by molar-refractivity contribution is 5.84. The van der Waals surface area contributed by atoms with Crippen LogP contribution in [0.2, 0.25) is 0 Å². The topological polar surface area (TPSA) is 84.2 Å². The van der Waals surface area contributed by atoms with Crippen LogP contribution in [0.15, 0.2) is 76.1 Å². The van der Waals surface area contributed by atoms with Crippen molar-refractivity contribution < 1.29 is 28.2 Å². The molecular weight excluding hydrogens is 448 g/mol. The summed E-state index contributed by atoms with van der Waals surface area (Å²) in [4.78, 5) is 25.5. The zero-order valence-corrected chi connectivity index (χ0v) is 19.2. The largest absolute Gasteiger partial charge is 0.486 e. The van der Waals surface area contributed by atoms with E-state index in [2.05, 4.69) is 0 Å². The van der Waals surface area contributed by atoms with E-state index in [0.717, 1.165) is 11.1 Å². The van der Waals surface area contributed by atoms with Gasteiger partial charge in [0.05, 0.1) is 10.9 Å². The van der Waals surface area contributed by atoms with Crippen molar-refractivity contribution in [2.75, 3.05) is 19.8 Å². The van der Waals surface area contributed by atoms with E-state index in [9.17, 15) is 9.59 Å². The summed E-state index contributed by atoms with van der Waals surface area (Å²) in [5, 5.41) is 0.438. The van der Waals surface area contributed by atoms with Crippen LogP contribution in [0.25, 0.3) is 22.1 Å². The summed E-state index contributed by atoms with van der Waals surface area (Å²) in [7, 11) is 0. The Morgan fingerprint density at radius 3 is 2.57 bits per heavy atom. The molecule has 0 fully saturated rings. The van der Waals surface area contributed by atoms with Crippen LogP contribution in [0.3, 0.4) is 0 Å². The fourth-order valence-corrected chi connectivity index (χ4v) is 3.94. The number of fused-ring (bicyclic) bond motifs is 2. The van der Waals surface area contributed by atoms with E-state index in [1.165, 1.54) is 6.26 Å². The SMILES string of the molecule is CCc1cc2c(=O)c(-c3ccc4c(c3)OCCO4)coc2cc1OCC(=O)OCc1ccccc1. The molecule has 7 heteroatoms. The minimum Gasteiger partial charge on any atom is -0.486 e. The van der Waals surface area contributed by atoms with Crippen LogP contribution in [0.1, 0.15) is 18.1 Å². The molecule has 0 bridgehead atoms. The molecule has 0 saturated heterocycles. The van der Waals surface area contributed by atoms with Crippen LogP contribution in [-0.4, -0.2) is 25.8 Å². The van der Waals surface area contributed by atoms with Gasteiger partial charge in [0, 0.05) is 6.07 Å². The number of ether oxygens (including phenoxy) is 4. The van der Waals surface area contributed by atoms with Gasteiger partial charge in [-0.1, -0.05) is 43.3 Å². The summed E-state index contributed by atoms with van der Waals surface area (Å²) < 4.78 is 28.0. The van der Waals surface area contributed by atoms with E-state index in [-0.39, 0.29) is 18.6 Å². The van der Waals surface area contributed by atoms with Gasteiger partial charge in [-0.15, -0.1) is 0 Å². The third-order valence-corrected chi connectivity index (χ3v) is 5.78. The Morgan fingerprint density at radius 2 is 1.77 bits per heavy atom. The Hall–Kier alpha value is -4.26. The predicted octanol–water partition coefficient (Wildman–Crippen LogP) is 4.92. The Morgan fingerprint density at radius 1 is 0.971 bits per heavy atom. The molecular formula is C28H24O7. The van der Waals surface area contributed by atoms with Crippen molar-refractivity contribution in [3.05, 3.63) is 88.3 Å². The standard InChI is InChI=1S/C28H24O7/c1-2-19-12-21-25(14-24(19)34-17-27(29)35-15-18-6-4-3-5-7-18)33-16-22(28(21)30)20-8-9-23-26(13-20)32-11-10-31-23/h3-9,12-14,16H,2,10-11,15,17H2,1H3. The first-order chi connectivity index (χ1) is 17.1. The zero-order chi connectivity index (χ0) is 24.2. The van der Waals surface area contributed by atoms with Gasteiger partial charge < -0.3 is 23.4 Å². The molecule has 0 aliphatic carbocycles. The lowest BCUT2D eigenvalue weighted by atomic mass is 10.0. The molecule has 5 rings (SSSR count). The molecule has 0 saturated carbocycles. The van der Waals surface area contributed by atoms with Gasteiger partial charge in [-0.05, 0) is 41.3 Å². The highest BCUT2D eigenvalue weighted by atomic mass is 16.6. The monoisotopic (exact) mass is 472 g/mol. The second-order valence-corrected chi connectivity index (χ2v) is 8.08. The number of benzene rings is 3. The van der Waals surface area contributed by atoms with Crippen molar-refractivity contribution in [3.63, 3.8) is 0 Å². The number of aryl methyl sites for hydroxylation is 1. The van der Waals surface area contributed by atoms with Gasteiger partial charge in [0.25, 0.3) is 0 Å². The number of carbonyl (C=O) groups is 1. The maximum absolute atomic E-state index is 13.3. The molecule has 0 unspecified atom stereocenters. The zero-order valence-electron chi connectivity index (χ0n) is 19.2. The molecule has 7 nitrogen and oxygen atoms in total. The molecule has 2 heterocycles. The first-order valence-corrected chi connectivity index (χ1v) is 11.4. The average Bonchev–Trinajstić information content (AvgIpc) is 2.91. The average molecular weight is 472 g/mol. The summed E-state index contributed by atoms with van der Waals surface area (Å²) in [5.74, 6) is 1.26. The summed E-state index contributed by atoms with van der Waals surface area (Å²) in [6.45, 7) is 2.85. The van der Waals surface area contributed by atoms with Crippen LogP contribution in [-0.2, 0) is 22.6 Å². The minimum absolute atomic E-state index is 0.161. The second kappa shape index (κ2) is 9.93. The fraction of sp³-hybridized carbons (Fsp3) is 0.214. The number of carbonyl (C=O) groups excluding carboxylic acids is 1. The van der Waals surface area contributed by atoms with Gasteiger partial charge in [-0.2, -0.15) is 0 Å². The maximum Gasteiger partial charge on any atom is 0.344 e. The van der Waals surface area contributed by atoms with Crippen LogP contribution >= 0.6 is 0 Å². The molecule has 0 spiro atoms. The summed E-state index contributed by atoms with van der Waals surface area (Å²) in [6.07, 6.45) is 2.04. The number of hydrogen-bond donors (Lipinski definition) is 0. The van der Waals surface area contributed by atoms with E-state index in [4.69, 9.17) is 23.4 Å². The smallest absolute Gasteiger partial charge is 0.344 e. The third-order valence-electron chi connectivity index (χ3n) is 5.78. The Bertz CT molecular complexity index is 1420. The Balaban J connectivity index is 1.36. The molecule has 0 amide bonds. The highest BCUT2D eigenvalue weighted by Crippen LogP contribution is 2.34. The van der Waals surface area contributed by atoms with Crippen molar-refractivity contribution in [2.45, 2.75) is 20.0 Å². The van der Waals surface area contributed by atoms with Gasteiger partial charge in [0.15, 0.2) is 18.1 Å². The Labute approximate surface area is 201 Å². The first-order valence-electron chi connectivity index (χ1n) is 11.4. The van der Waals surface area contributed by atoms with Crippen LogP contribution in [0.5, 0.6) is 17.2 Å².